The highest BCUT2D eigenvalue weighted by atomic mass is 32.2. The molecule has 0 saturated heterocycles. The lowest BCUT2D eigenvalue weighted by molar-refractivity contribution is 1.16. The van der Waals surface area contributed by atoms with Crippen molar-refractivity contribution in [3.05, 3.63) is 30.7 Å². The van der Waals surface area contributed by atoms with Crippen molar-refractivity contribution in [2.45, 2.75) is 4.34 Å². The zero-order chi connectivity index (χ0) is 11.7. The van der Waals surface area contributed by atoms with Crippen LogP contribution in [0.4, 0.5) is 0 Å². The molecule has 0 aromatic carbocycles. The first-order valence-electron chi connectivity index (χ1n) is 4.95. The van der Waals surface area contributed by atoms with Crippen LogP contribution in [0, 0.1) is 0 Å². The molecule has 0 spiro atoms. The van der Waals surface area contributed by atoms with E-state index >= 15 is 0 Å². The average molecular weight is 260 g/mol. The summed E-state index contributed by atoms with van der Waals surface area (Å²) in [6, 6.07) is 5.79. The maximum Gasteiger partial charge on any atom is 0.175 e. The number of aromatic nitrogens is 4. The molecule has 0 aliphatic heterocycles. The van der Waals surface area contributed by atoms with E-state index in [1.165, 1.54) is 6.33 Å². The molecular formula is C11H8N4S2. The second-order valence-electron chi connectivity index (χ2n) is 3.27. The summed E-state index contributed by atoms with van der Waals surface area (Å²) in [4.78, 5) is 17.2. The second-order valence-corrected chi connectivity index (χ2v) is 5.33. The predicted molar refractivity (Wildman–Crippen MR) is 70.2 cm³/mol. The zero-order valence-corrected chi connectivity index (χ0v) is 10.6. The molecule has 0 atom stereocenters. The van der Waals surface area contributed by atoms with E-state index in [9.17, 15) is 0 Å². The number of pyridine rings is 1. The molecule has 3 heterocycles. The quantitative estimate of drug-likeness (QED) is 0.663. The van der Waals surface area contributed by atoms with Crippen LogP contribution in [0.3, 0.4) is 0 Å². The normalized spacial score (nSPS) is 10.9. The van der Waals surface area contributed by atoms with Crippen LogP contribution in [0.15, 0.2) is 35.1 Å². The summed E-state index contributed by atoms with van der Waals surface area (Å²) < 4.78 is 1.99. The van der Waals surface area contributed by atoms with Gasteiger partial charge in [-0.05, 0) is 18.4 Å². The van der Waals surface area contributed by atoms with Gasteiger partial charge in [0.05, 0.1) is 5.69 Å². The summed E-state index contributed by atoms with van der Waals surface area (Å²) in [5, 5.41) is 0. The summed E-state index contributed by atoms with van der Waals surface area (Å²) in [5.41, 5.74) is 2.46. The maximum atomic E-state index is 4.42. The Morgan fingerprint density at radius 2 is 2.12 bits per heavy atom. The Bertz CT molecular complexity index is 651. The molecule has 6 heteroatoms. The minimum Gasteiger partial charge on any atom is -0.255 e. The van der Waals surface area contributed by atoms with Crippen LogP contribution >= 0.6 is 23.1 Å². The Labute approximate surface area is 106 Å². The molecule has 3 rings (SSSR count). The molecule has 0 amide bonds. The molecule has 3 aromatic heterocycles. The molecule has 0 saturated carbocycles. The number of thiazole rings is 1. The molecule has 0 aliphatic rings. The third-order valence-corrected chi connectivity index (χ3v) is 4.29. The average Bonchev–Trinajstić information content (AvgIpc) is 2.82. The van der Waals surface area contributed by atoms with Gasteiger partial charge in [0.15, 0.2) is 9.99 Å². The van der Waals surface area contributed by atoms with Crippen molar-refractivity contribution in [1.82, 2.24) is 19.9 Å². The van der Waals surface area contributed by atoms with E-state index in [-0.39, 0.29) is 0 Å². The van der Waals surface area contributed by atoms with E-state index in [0.717, 1.165) is 26.1 Å². The molecule has 17 heavy (non-hydrogen) atoms. The van der Waals surface area contributed by atoms with Gasteiger partial charge in [-0.2, -0.15) is 0 Å². The van der Waals surface area contributed by atoms with Gasteiger partial charge in [-0.15, -0.1) is 11.3 Å². The van der Waals surface area contributed by atoms with Crippen molar-refractivity contribution in [2.75, 3.05) is 6.26 Å². The first kappa shape index (κ1) is 10.6. The van der Waals surface area contributed by atoms with E-state index in [1.54, 1.807) is 29.3 Å². The van der Waals surface area contributed by atoms with Gasteiger partial charge >= 0.3 is 0 Å². The van der Waals surface area contributed by atoms with Gasteiger partial charge in [-0.3, -0.25) is 4.98 Å². The molecule has 3 aromatic rings. The van der Waals surface area contributed by atoms with Crippen LogP contribution in [0.5, 0.6) is 0 Å². The van der Waals surface area contributed by atoms with Gasteiger partial charge in [0.1, 0.15) is 16.7 Å². The summed E-state index contributed by atoms with van der Waals surface area (Å²) in [6.07, 6.45) is 5.31. The molecule has 0 radical (unpaired) electrons. The topological polar surface area (TPSA) is 51.6 Å². The summed E-state index contributed by atoms with van der Waals surface area (Å²) in [5.74, 6) is 0. The highest BCUT2D eigenvalue weighted by molar-refractivity contribution is 8.00. The lowest BCUT2D eigenvalue weighted by Crippen LogP contribution is -1.88. The summed E-state index contributed by atoms with van der Waals surface area (Å²) in [6.45, 7) is 0. The number of fused-ring (bicyclic) bond motifs is 1. The van der Waals surface area contributed by atoms with E-state index in [2.05, 4.69) is 19.9 Å². The van der Waals surface area contributed by atoms with E-state index in [1.807, 2.05) is 24.5 Å². The van der Waals surface area contributed by atoms with Crippen molar-refractivity contribution < 1.29 is 0 Å². The van der Waals surface area contributed by atoms with Crippen molar-refractivity contribution in [2.24, 2.45) is 0 Å². The van der Waals surface area contributed by atoms with Crippen molar-refractivity contribution in [3.63, 3.8) is 0 Å². The van der Waals surface area contributed by atoms with Crippen LogP contribution in [0.1, 0.15) is 0 Å². The lowest BCUT2D eigenvalue weighted by Gasteiger charge is -1.98. The third kappa shape index (κ3) is 1.89. The van der Waals surface area contributed by atoms with E-state index in [0.29, 0.717) is 0 Å². The Morgan fingerprint density at radius 3 is 2.88 bits per heavy atom. The van der Waals surface area contributed by atoms with Gasteiger partial charge in [0.25, 0.3) is 0 Å². The minimum absolute atomic E-state index is 0.745. The van der Waals surface area contributed by atoms with Crippen molar-refractivity contribution in [1.29, 1.82) is 0 Å². The first-order chi connectivity index (χ1) is 8.38. The lowest BCUT2D eigenvalue weighted by atomic mass is 10.2. The Balaban J connectivity index is 2.26. The number of rotatable bonds is 2. The van der Waals surface area contributed by atoms with Gasteiger partial charge in [-0.25, -0.2) is 15.0 Å². The standard InChI is InChI=1S/C11H8N4S2/c1-16-11-15-10-9(17-11)8(13-6-14-10)7-4-2-3-5-12-7/h2-6H,1H3. The fourth-order valence-electron chi connectivity index (χ4n) is 1.51. The van der Waals surface area contributed by atoms with Crippen LogP contribution in [-0.4, -0.2) is 26.2 Å². The zero-order valence-electron chi connectivity index (χ0n) is 8.99. The molecule has 0 aliphatic carbocycles. The smallest absolute Gasteiger partial charge is 0.175 e. The van der Waals surface area contributed by atoms with Gasteiger partial charge in [0, 0.05) is 6.20 Å². The fourth-order valence-corrected chi connectivity index (χ4v) is 3.02. The van der Waals surface area contributed by atoms with Crippen molar-refractivity contribution in [3.8, 4) is 11.4 Å². The Morgan fingerprint density at radius 1 is 1.18 bits per heavy atom. The molecule has 84 valence electrons. The fraction of sp³-hybridized carbons (Fsp3) is 0.0909. The van der Waals surface area contributed by atoms with Crippen molar-refractivity contribution >= 4 is 33.4 Å². The molecule has 0 fully saturated rings. The third-order valence-electron chi connectivity index (χ3n) is 2.25. The summed E-state index contributed by atoms with van der Waals surface area (Å²) >= 11 is 3.22. The van der Waals surface area contributed by atoms with Crippen LogP contribution in [-0.2, 0) is 0 Å². The SMILES string of the molecule is CSc1nc2ncnc(-c3ccccn3)c2s1. The largest absolute Gasteiger partial charge is 0.255 e. The number of thioether (sulfide) groups is 1. The number of hydrogen-bond donors (Lipinski definition) is 0. The second kappa shape index (κ2) is 4.38. The van der Waals surface area contributed by atoms with Gasteiger partial charge in [-0.1, -0.05) is 17.8 Å². The molecule has 0 bridgehead atoms. The maximum absolute atomic E-state index is 4.42. The van der Waals surface area contributed by atoms with Crippen LogP contribution in [0.25, 0.3) is 21.7 Å². The van der Waals surface area contributed by atoms with Crippen LogP contribution in [0.2, 0.25) is 0 Å². The summed E-state index contributed by atoms with van der Waals surface area (Å²) in [7, 11) is 0. The molecule has 0 unspecified atom stereocenters. The monoisotopic (exact) mass is 260 g/mol. The highest BCUT2D eigenvalue weighted by Gasteiger charge is 2.11. The number of hydrogen-bond acceptors (Lipinski definition) is 6. The minimum atomic E-state index is 0.745. The predicted octanol–water partition coefficient (Wildman–Crippen LogP) is 2.87. The Kier molecular flexibility index (Phi) is 2.74. The Hall–Kier alpha value is -1.53. The molecular weight excluding hydrogens is 252 g/mol. The van der Waals surface area contributed by atoms with Crippen LogP contribution < -0.4 is 0 Å². The van der Waals surface area contributed by atoms with Gasteiger partial charge < -0.3 is 0 Å². The van der Waals surface area contributed by atoms with E-state index < -0.39 is 0 Å². The molecule has 0 N–H and O–H groups in total. The molecule has 4 nitrogen and oxygen atoms in total. The first-order valence-corrected chi connectivity index (χ1v) is 6.99. The van der Waals surface area contributed by atoms with E-state index in [4.69, 9.17) is 0 Å². The highest BCUT2D eigenvalue weighted by Crippen LogP contribution is 2.32. The van der Waals surface area contributed by atoms with Gasteiger partial charge in [0.2, 0.25) is 0 Å². The number of nitrogens with zero attached hydrogens (tertiary/aromatic N) is 4.